The number of aryl methyl sites for hydroxylation is 1. The Bertz CT molecular complexity index is 490. The Labute approximate surface area is 120 Å². The molecule has 3 N–H and O–H groups in total. The molecule has 2 unspecified atom stereocenters. The molecule has 1 aromatic rings. The van der Waals surface area contributed by atoms with E-state index in [1.165, 1.54) is 0 Å². The average Bonchev–Trinajstić information content (AvgIpc) is 2.79. The SMILES string of the molecule is Cc1ccc(NC(=O)CN(C)C2CCOC2C)c(N)c1. The minimum Gasteiger partial charge on any atom is -0.397 e. The van der Waals surface area contributed by atoms with Crippen molar-refractivity contribution < 1.29 is 9.53 Å². The molecule has 0 aliphatic carbocycles. The Hall–Kier alpha value is -1.59. The highest BCUT2D eigenvalue weighted by Crippen LogP contribution is 2.20. The van der Waals surface area contributed by atoms with Gasteiger partial charge in [0.1, 0.15) is 0 Å². The zero-order valence-electron chi connectivity index (χ0n) is 12.3. The first-order chi connectivity index (χ1) is 9.47. The Morgan fingerprint density at radius 3 is 2.90 bits per heavy atom. The van der Waals surface area contributed by atoms with Gasteiger partial charge in [0.2, 0.25) is 5.91 Å². The second kappa shape index (κ2) is 6.24. The van der Waals surface area contributed by atoms with Crippen molar-refractivity contribution in [3.63, 3.8) is 0 Å². The smallest absolute Gasteiger partial charge is 0.238 e. The lowest BCUT2D eigenvalue weighted by Gasteiger charge is -2.25. The normalized spacial score (nSPS) is 22.2. The van der Waals surface area contributed by atoms with Crippen LogP contribution in [0.5, 0.6) is 0 Å². The van der Waals surface area contributed by atoms with E-state index in [2.05, 4.69) is 5.32 Å². The summed E-state index contributed by atoms with van der Waals surface area (Å²) in [4.78, 5) is 14.1. The molecule has 0 bridgehead atoms. The van der Waals surface area contributed by atoms with Crippen molar-refractivity contribution in [2.45, 2.75) is 32.4 Å². The molecule has 1 amide bonds. The van der Waals surface area contributed by atoms with Crippen LogP contribution in [0.1, 0.15) is 18.9 Å². The molecular weight excluding hydrogens is 254 g/mol. The predicted octanol–water partition coefficient (Wildman–Crippen LogP) is 1.62. The van der Waals surface area contributed by atoms with Crippen molar-refractivity contribution in [2.24, 2.45) is 0 Å². The van der Waals surface area contributed by atoms with Crippen LogP contribution in [0, 0.1) is 6.92 Å². The molecule has 0 aromatic heterocycles. The first-order valence-electron chi connectivity index (χ1n) is 6.95. The lowest BCUT2D eigenvalue weighted by atomic mass is 10.1. The maximum absolute atomic E-state index is 12.1. The summed E-state index contributed by atoms with van der Waals surface area (Å²) >= 11 is 0. The number of benzene rings is 1. The van der Waals surface area contributed by atoms with E-state index in [9.17, 15) is 4.79 Å². The largest absolute Gasteiger partial charge is 0.397 e. The van der Waals surface area contributed by atoms with Gasteiger partial charge in [-0.05, 0) is 45.0 Å². The number of rotatable bonds is 4. The van der Waals surface area contributed by atoms with Gasteiger partial charge in [0, 0.05) is 12.6 Å². The number of amides is 1. The van der Waals surface area contributed by atoms with E-state index in [-0.39, 0.29) is 12.0 Å². The van der Waals surface area contributed by atoms with Gasteiger partial charge in [-0.15, -0.1) is 0 Å². The first kappa shape index (κ1) is 14.8. The number of ether oxygens (including phenoxy) is 1. The number of anilines is 2. The Kier molecular flexibility index (Phi) is 4.62. The van der Waals surface area contributed by atoms with Crippen LogP contribution in [-0.2, 0) is 9.53 Å². The van der Waals surface area contributed by atoms with E-state index >= 15 is 0 Å². The molecule has 0 spiro atoms. The summed E-state index contributed by atoms with van der Waals surface area (Å²) in [6.07, 6.45) is 1.15. The highest BCUT2D eigenvalue weighted by molar-refractivity contribution is 5.95. The van der Waals surface area contributed by atoms with Gasteiger partial charge in [-0.25, -0.2) is 0 Å². The number of likely N-dealkylation sites (N-methyl/N-ethyl adjacent to an activating group) is 1. The van der Waals surface area contributed by atoms with Gasteiger partial charge in [0.15, 0.2) is 0 Å². The quantitative estimate of drug-likeness (QED) is 0.821. The van der Waals surface area contributed by atoms with E-state index in [0.717, 1.165) is 18.6 Å². The summed E-state index contributed by atoms with van der Waals surface area (Å²) < 4.78 is 5.53. The molecule has 0 saturated carbocycles. The Morgan fingerprint density at radius 2 is 2.30 bits per heavy atom. The van der Waals surface area contributed by atoms with Crippen molar-refractivity contribution in [1.29, 1.82) is 0 Å². The van der Waals surface area contributed by atoms with Crippen LogP contribution in [0.15, 0.2) is 18.2 Å². The molecule has 0 radical (unpaired) electrons. The highest BCUT2D eigenvalue weighted by Gasteiger charge is 2.28. The molecule has 20 heavy (non-hydrogen) atoms. The average molecular weight is 277 g/mol. The number of hydrogen-bond donors (Lipinski definition) is 2. The number of nitrogen functional groups attached to an aromatic ring is 1. The molecule has 2 atom stereocenters. The minimum absolute atomic E-state index is 0.0536. The maximum Gasteiger partial charge on any atom is 0.238 e. The number of nitrogens with zero attached hydrogens (tertiary/aromatic N) is 1. The third-order valence-corrected chi connectivity index (χ3v) is 3.78. The Balaban J connectivity index is 1.92. The van der Waals surface area contributed by atoms with Gasteiger partial charge in [-0.1, -0.05) is 6.07 Å². The molecule has 1 aliphatic heterocycles. The van der Waals surface area contributed by atoms with Gasteiger partial charge in [-0.3, -0.25) is 9.69 Å². The molecule has 1 aliphatic rings. The summed E-state index contributed by atoms with van der Waals surface area (Å²) in [5.74, 6) is -0.0536. The molecule has 1 aromatic carbocycles. The first-order valence-corrected chi connectivity index (χ1v) is 6.95. The van der Waals surface area contributed by atoms with E-state index in [4.69, 9.17) is 10.5 Å². The number of carbonyl (C=O) groups excluding carboxylic acids is 1. The molecule has 2 rings (SSSR count). The molecular formula is C15H23N3O2. The van der Waals surface area contributed by atoms with E-state index in [1.54, 1.807) is 0 Å². The van der Waals surface area contributed by atoms with E-state index in [1.807, 2.05) is 44.0 Å². The fourth-order valence-corrected chi connectivity index (χ4v) is 2.63. The third kappa shape index (κ3) is 3.49. The maximum atomic E-state index is 12.1. The van der Waals surface area contributed by atoms with Crippen LogP contribution in [0.2, 0.25) is 0 Å². The molecule has 5 nitrogen and oxygen atoms in total. The number of nitrogens with two attached hydrogens (primary N) is 1. The lowest BCUT2D eigenvalue weighted by molar-refractivity contribution is -0.117. The fraction of sp³-hybridized carbons (Fsp3) is 0.533. The predicted molar refractivity (Wildman–Crippen MR) is 80.7 cm³/mol. The standard InChI is InChI=1S/C15H23N3O2/c1-10-4-5-13(12(16)8-10)17-15(19)9-18(3)14-6-7-20-11(14)2/h4-5,8,11,14H,6-7,9,16H2,1-3H3,(H,17,19). The van der Waals surface area contributed by atoms with Crippen molar-refractivity contribution >= 4 is 17.3 Å². The van der Waals surface area contributed by atoms with Gasteiger partial charge in [0.05, 0.1) is 24.0 Å². The summed E-state index contributed by atoms with van der Waals surface area (Å²) in [5, 5.41) is 2.86. The second-order valence-corrected chi connectivity index (χ2v) is 5.49. The summed E-state index contributed by atoms with van der Waals surface area (Å²) in [7, 11) is 1.95. The number of carbonyl (C=O) groups is 1. The van der Waals surface area contributed by atoms with Crippen LogP contribution in [0.4, 0.5) is 11.4 Å². The summed E-state index contributed by atoms with van der Waals surface area (Å²) in [6, 6.07) is 5.93. The van der Waals surface area contributed by atoms with Crippen LogP contribution < -0.4 is 11.1 Å². The fourth-order valence-electron chi connectivity index (χ4n) is 2.63. The monoisotopic (exact) mass is 277 g/mol. The van der Waals surface area contributed by atoms with Gasteiger partial charge < -0.3 is 15.8 Å². The van der Waals surface area contributed by atoms with Gasteiger partial charge in [-0.2, -0.15) is 0 Å². The highest BCUT2D eigenvalue weighted by atomic mass is 16.5. The zero-order valence-corrected chi connectivity index (χ0v) is 12.3. The van der Waals surface area contributed by atoms with Crippen LogP contribution in [-0.4, -0.2) is 43.2 Å². The van der Waals surface area contributed by atoms with Gasteiger partial charge in [0.25, 0.3) is 0 Å². The lowest BCUT2D eigenvalue weighted by Crippen LogP contribution is -2.41. The number of nitrogens with one attached hydrogen (secondary N) is 1. The summed E-state index contributed by atoms with van der Waals surface area (Å²) in [5.41, 5.74) is 8.24. The van der Waals surface area contributed by atoms with Crippen molar-refractivity contribution in [3.05, 3.63) is 23.8 Å². The third-order valence-electron chi connectivity index (χ3n) is 3.78. The van der Waals surface area contributed by atoms with Crippen molar-refractivity contribution in [1.82, 2.24) is 4.90 Å². The van der Waals surface area contributed by atoms with Crippen molar-refractivity contribution in [2.75, 3.05) is 31.2 Å². The van der Waals surface area contributed by atoms with Crippen LogP contribution >= 0.6 is 0 Å². The van der Waals surface area contributed by atoms with E-state index in [0.29, 0.717) is 24.0 Å². The number of hydrogen-bond acceptors (Lipinski definition) is 4. The van der Waals surface area contributed by atoms with Crippen LogP contribution in [0.3, 0.4) is 0 Å². The molecule has 1 saturated heterocycles. The topological polar surface area (TPSA) is 67.6 Å². The molecule has 5 heteroatoms. The molecule has 1 heterocycles. The van der Waals surface area contributed by atoms with Crippen molar-refractivity contribution in [3.8, 4) is 0 Å². The molecule has 110 valence electrons. The zero-order chi connectivity index (χ0) is 14.7. The second-order valence-electron chi connectivity index (χ2n) is 5.49. The van der Waals surface area contributed by atoms with Crippen LogP contribution in [0.25, 0.3) is 0 Å². The van der Waals surface area contributed by atoms with Gasteiger partial charge >= 0.3 is 0 Å². The van der Waals surface area contributed by atoms with E-state index < -0.39 is 0 Å². The summed E-state index contributed by atoms with van der Waals surface area (Å²) in [6.45, 7) is 5.12. The molecule has 1 fully saturated rings. The minimum atomic E-state index is -0.0536. The Morgan fingerprint density at radius 1 is 1.55 bits per heavy atom.